The Labute approximate surface area is 267 Å². The van der Waals surface area contributed by atoms with Gasteiger partial charge in [0.25, 0.3) is 11.5 Å². The van der Waals surface area contributed by atoms with Gasteiger partial charge in [-0.25, -0.2) is 4.99 Å². The van der Waals surface area contributed by atoms with Crippen molar-refractivity contribution in [3.8, 4) is 17.1 Å². The van der Waals surface area contributed by atoms with E-state index in [9.17, 15) is 9.59 Å². The molecule has 0 saturated carbocycles. The molecule has 6 rings (SSSR count). The molecule has 0 aliphatic carbocycles. The highest BCUT2D eigenvalue weighted by Crippen LogP contribution is 2.40. The molecule has 3 aromatic carbocycles. The average molecular weight is 671 g/mol. The number of ether oxygens (including phenoxy) is 1. The van der Waals surface area contributed by atoms with E-state index in [1.54, 1.807) is 22.7 Å². The van der Waals surface area contributed by atoms with Crippen molar-refractivity contribution in [3.63, 3.8) is 0 Å². The van der Waals surface area contributed by atoms with Crippen LogP contribution in [0.1, 0.15) is 43.7 Å². The normalized spacial score (nSPS) is 15.0. The fourth-order valence-electron chi connectivity index (χ4n) is 5.81. The number of allylic oxidation sites excluding steroid dienone is 1. The Balaban J connectivity index is 1.58. The van der Waals surface area contributed by atoms with Crippen molar-refractivity contribution in [2.75, 3.05) is 20.2 Å². The molecule has 0 N–H and O–H groups in total. The Kier molecular flexibility index (Phi) is 8.18. The van der Waals surface area contributed by atoms with E-state index in [0.29, 0.717) is 51.0 Å². The van der Waals surface area contributed by atoms with Crippen LogP contribution in [0.5, 0.6) is 5.75 Å². The fourth-order valence-corrected chi connectivity index (χ4v) is 7.52. The number of benzene rings is 3. The van der Waals surface area contributed by atoms with Crippen LogP contribution in [0.15, 0.2) is 96.7 Å². The number of aryl methyl sites for hydroxylation is 1. The van der Waals surface area contributed by atoms with Gasteiger partial charge >= 0.3 is 0 Å². The Morgan fingerprint density at radius 3 is 2.59 bits per heavy atom. The number of aromatic nitrogens is 1. The highest BCUT2D eigenvalue weighted by Gasteiger charge is 2.36. The van der Waals surface area contributed by atoms with Crippen molar-refractivity contribution in [2.45, 2.75) is 33.7 Å². The summed E-state index contributed by atoms with van der Waals surface area (Å²) in [5.74, 6) is 1.69. The summed E-state index contributed by atoms with van der Waals surface area (Å²) < 4.78 is 15.1. The third-order valence-electron chi connectivity index (χ3n) is 8.02. The summed E-state index contributed by atoms with van der Waals surface area (Å²) in [7, 11) is 1.61. The summed E-state index contributed by atoms with van der Waals surface area (Å²) in [6.07, 6.45) is 1.75. The first-order valence-electron chi connectivity index (χ1n) is 14.5. The summed E-state index contributed by atoms with van der Waals surface area (Å²) >= 11 is 4.91. The molecule has 1 amide bonds. The minimum Gasteiger partial charge on any atom is -0.496 e. The topological polar surface area (TPSA) is 77.0 Å². The minimum atomic E-state index is -0.738. The molecule has 7 nitrogen and oxygen atoms in total. The number of hydrogen-bond acceptors (Lipinski definition) is 6. The molecule has 0 radical (unpaired) electrons. The number of nitrogens with zero attached hydrogens (tertiary/aromatic N) is 3. The Bertz CT molecular complexity index is 2130. The molecule has 1 aliphatic heterocycles. The first-order valence-corrected chi connectivity index (χ1v) is 16.1. The molecule has 0 unspecified atom stereocenters. The molecule has 2 aromatic heterocycles. The van der Waals surface area contributed by atoms with Crippen molar-refractivity contribution in [3.05, 3.63) is 119 Å². The zero-order chi connectivity index (χ0) is 31.1. The highest BCUT2D eigenvalue weighted by molar-refractivity contribution is 9.10. The number of carbonyl (C=O) groups excluding carboxylic acids is 1. The van der Waals surface area contributed by atoms with Gasteiger partial charge in [0.05, 0.1) is 22.9 Å². The van der Waals surface area contributed by atoms with Crippen LogP contribution in [-0.4, -0.2) is 35.6 Å². The van der Waals surface area contributed by atoms with Gasteiger partial charge in [0.15, 0.2) is 4.80 Å². The smallest absolute Gasteiger partial charge is 0.271 e. The molecule has 3 heterocycles. The first-order chi connectivity index (χ1) is 21.2. The van der Waals surface area contributed by atoms with Gasteiger partial charge in [0.1, 0.15) is 23.3 Å². The molecule has 5 aromatic rings. The Hall–Kier alpha value is -4.21. The summed E-state index contributed by atoms with van der Waals surface area (Å²) in [5.41, 5.74) is 3.62. The lowest BCUT2D eigenvalue weighted by Gasteiger charge is -2.30. The number of fused-ring (bicyclic) bond motifs is 2. The summed E-state index contributed by atoms with van der Waals surface area (Å²) in [6, 6.07) is 20.9. The molecule has 0 spiro atoms. The zero-order valence-electron chi connectivity index (χ0n) is 25.2. The van der Waals surface area contributed by atoms with E-state index in [4.69, 9.17) is 14.1 Å². The zero-order valence-corrected chi connectivity index (χ0v) is 27.6. The van der Waals surface area contributed by atoms with Crippen molar-refractivity contribution < 1.29 is 13.9 Å². The molecular weight excluding hydrogens is 638 g/mol. The lowest BCUT2D eigenvalue weighted by molar-refractivity contribution is -0.127. The van der Waals surface area contributed by atoms with Gasteiger partial charge in [0.2, 0.25) is 0 Å². The number of carbonyl (C=O) groups is 1. The Morgan fingerprint density at radius 2 is 1.86 bits per heavy atom. The second kappa shape index (κ2) is 12.1. The molecule has 0 fully saturated rings. The van der Waals surface area contributed by atoms with Gasteiger partial charge in [-0.3, -0.25) is 14.2 Å². The van der Waals surface area contributed by atoms with E-state index in [2.05, 4.69) is 15.9 Å². The molecular formula is C35H32BrN3O4S. The van der Waals surface area contributed by atoms with Crippen LogP contribution in [0.2, 0.25) is 0 Å². The van der Waals surface area contributed by atoms with E-state index in [0.717, 1.165) is 31.9 Å². The molecule has 0 bridgehead atoms. The number of amides is 1. The van der Waals surface area contributed by atoms with Gasteiger partial charge in [-0.2, -0.15) is 0 Å². The molecule has 224 valence electrons. The monoisotopic (exact) mass is 669 g/mol. The van der Waals surface area contributed by atoms with Gasteiger partial charge in [-0.05, 0) is 74.4 Å². The second-order valence-electron chi connectivity index (χ2n) is 10.6. The van der Waals surface area contributed by atoms with Crippen molar-refractivity contribution in [2.24, 2.45) is 4.99 Å². The second-order valence-corrected chi connectivity index (χ2v) is 12.5. The van der Waals surface area contributed by atoms with Crippen LogP contribution in [0.4, 0.5) is 0 Å². The third kappa shape index (κ3) is 5.14. The van der Waals surface area contributed by atoms with E-state index >= 15 is 0 Å². The molecule has 1 atom stereocenters. The van der Waals surface area contributed by atoms with E-state index in [-0.39, 0.29) is 11.5 Å². The number of rotatable bonds is 7. The maximum Gasteiger partial charge on any atom is 0.271 e. The standard InChI is InChI=1S/C35H32BrN3O4S/c1-6-38(7-2)34(41)30-21(4)37-35-39(32(30)31-24-11-9-8-10-22(24)13-16-28(31)42-5)33(40)29(44-35)19-23-14-17-27(43-23)25-15-12-20(3)18-26(25)36/h8-19,32H,6-7H2,1-5H3/b29-19+/t32-/m1/s1. The summed E-state index contributed by atoms with van der Waals surface area (Å²) in [6.45, 7) is 8.85. The number of hydrogen-bond donors (Lipinski definition) is 0. The third-order valence-corrected chi connectivity index (χ3v) is 9.66. The fraction of sp³-hybridized carbons (Fsp3) is 0.229. The Morgan fingerprint density at radius 1 is 1.09 bits per heavy atom. The van der Waals surface area contributed by atoms with Crippen LogP contribution in [0, 0.1) is 6.92 Å². The first kappa shape index (κ1) is 29.8. The van der Waals surface area contributed by atoms with Crippen LogP contribution in [0.3, 0.4) is 0 Å². The van der Waals surface area contributed by atoms with Crippen molar-refractivity contribution in [1.82, 2.24) is 9.47 Å². The maximum absolute atomic E-state index is 14.3. The predicted octanol–water partition coefficient (Wildman–Crippen LogP) is 6.60. The van der Waals surface area contributed by atoms with Crippen LogP contribution < -0.4 is 19.6 Å². The SMILES string of the molecule is CCN(CC)C(=O)C1=C(C)N=c2s/c(=C/c3ccc(-c4ccc(C)cc4Br)o3)c(=O)n2[C@H]1c1c(OC)ccc2ccccc12. The molecule has 44 heavy (non-hydrogen) atoms. The van der Waals surface area contributed by atoms with Crippen molar-refractivity contribution >= 4 is 50.0 Å². The lowest BCUT2D eigenvalue weighted by Crippen LogP contribution is -2.43. The van der Waals surface area contributed by atoms with Crippen LogP contribution >= 0.6 is 27.3 Å². The van der Waals surface area contributed by atoms with Gasteiger partial charge in [-0.15, -0.1) is 0 Å². The molecule has 1 aliphatic rings. The van der Waals surface area contributed by atoms with Crippen molar-refractivity contribution in [1.29, 1.82) is 0 Å². The quantitative estimate of drug-likeness (QED) is 0.196. The van der Waals surface area contributed by atoms with Gasteiger partial charge in [-0.1, -0.05) is 63.7 Å². The predicted molar refractivity (Wildman–Crippen MR) is 179 cm³/mol. The minimum absolute atomic E-state index is 0.148. The number of thiazole rings is 1. The number of methoxy groups -OCH3 is 1. The van der Waals surface area contributed by atoms with Crippen LogP contribution in [0.25, 0.3) is 28.2 Å². The van der Waals surface area contributed by atoms with E-state index < -0.39 is 6.04 Å². The number of furan rings is 1. The van der Waals surface area contributed by atoms with Gasteiger partial charge < -0.3 is 14.1 Å². The summed E-state index contributed by atoms with van der Waals surface area (Å²) in [4.78, 5) is 35.6. The summed E-state index contributed by atoms with van der Waals surface area (Å²) in [5, 5.41) is 1.89. The average Bonchev–Trinajstić information content (AvgIpc) is 3.60. The molecule has 0 saturated heterocycles. The largest absolute Gasteiger partial charge is 0.496 e. The maximum atomic E-state index is 14.3. The number of halogens is 1. The van der Waals surface area contributed by atoms with Crippen LogP contribution in [-0.2, 0) is 4.79 Å². The highest BCUT2D eigenvalue weighted by atomic mass is 79.9. The van der Waals surface area contributed by atoms with E-state index in [1.165, 1.54) is 11.3 Å². The molecule has 9 heteroatoms. The van der Waals surface area contributed by atoms with Gasteiger partial charge in [0, 0.05) is 34.8 Å². The lowest BCUT2D eigenvalue weighted by atomic mass is 9.90. The van der Waals surface area contributed by atoms with E-state index in [1.807, 2.05) is 94.4 Å². The number of likely N-dealkylation sites (N-methyl/N-ethyl adjacent to an activating group) is 1.